The van der Waals surface area contributed by atoms with Crippen LogP contribution < -0.4 is 5.32 Å². The number of carboxylic acid groups (broad SMARTS) is 2. The zero-order valence-electron chi connectivity index (χ0n) is 11.5. The Labute approximate surface area is 126 Å². The van der Waals surface area contributed by atoms with E-state index in [9.17, 15) is 9.59 Å². The van der Waals surface area contributed by atoms with Crippen LogP contribution in [0.15, 0.2) is 36.0 Å². The van der Waals surface area contributed by atoms with E-state index < -0.39 is 24.3 Å². The van der Waals surface area contributed by atoms with Gasteiger partial charge in [0.2, 0.25) is 0 Å². The van der Waals surface area contributed by atoms with Gasteiger partial charge in [-0.05, 0) is 24.1 Å². The number of carbonyl (C=O) groups is 2. The topological polar surface area (TPSA) is 134 Å². The predicted molar refractivity (Wildman–Crippen MR) is 76.5 cm³/mol. The van der Waals surface area contributed by atoms with Gasteiger partial charge in [0.15, 0.2) is 0 Å². The fourth-order valence-electron chi connectivity index (χ4n) is 1.72. The van der Waals surface area contributed by atoms with Crippen molar-refractivity contribution in [2.75, 3.05) is 5.32 Å². The molecule has 0 aliphatic heterocycles. The fraction of sp³-hybridized carbons (Fsp3) is 0.200. The molecule has 1 aromatic rings. The quantitative estimate of drug-likeness (QED) is 0.653. The Morgan fingerprint density at radius 1 is 1.18 bits per heavy atom. The van der Waals surface area contributed by atoms with Crippen molar-refractivity contribution >= 4 is 17.6 Å². The molecule has 0 saturated carbocycles. The molecule has 1 aromatic carbocycles. The van der Waals surface area contributed by atoms with Crippen LogP contribution in [0.25, 0.3) is 0 Å². The van der Waals surface area contributed by atoms with Gasteiger partial charge in [-0.3, -0.25) is 9.59 Å². The molecule has 112 valence electrons. The van der Waals surface area contributed by atoms with Crippen molar-refractivity contribution in [3.05, 3.63) is 41.6 Å². The second-order valence-corrected chi connectivity index (χ2v) is 4.46. The smallest absolute Gasteiger partial charge is 0.307 e. The average Bonchev–Trinajstić information content (AvgIpc) is 2.48. The molecule has 0 heterocycles. The monoisotopic (exact) mass is 299 g/mol. The van der Waals surface area contributed by atoms with E-state index in [2.05, 4.69) is 5.32 Å². The van der Waals surface area contributed by atoms with E-state index in [1.54, 1.807) is 36.4 Å². The first-order valence-corrected chi connectivity index (χ1v) is 6.26. The van der Waals surface area contributed by atoms with Gasteiger partial charge in [-0.2, -0.15) is 10.5 Å². The number of aliphatic carboxylic acids is 2. The highest BCUT2D eigenvalue weighted by Gasteiger charge is 2.21. The molecule has 0 spiro atoms. The van der Waals surface area contributed by atoms with Crippen molar-refractivity contribution in [3.8, 4) is 12.1 Å². The van der Waals surface area contributed by atoms with E-state index in [0.717, 1.165) is 0 Å². The van der Waals surface area contributed by atoms with Gasteiger partial charge in [-0.15, -0.1) is 0 Å². The van der Waals surface area contributed by atoms with E-state index in [-0.39, 0.29) is 12.0 Å². The van der Waals surface area contributed by atoms with Gasteiger partial charge >= 0.3 is 11.9 Å². The Hall–Kier alpha value is -3.32. The number of benzene rings is 1. The summed E-state index contributed by atoms with van der Waals surface area (Å²) >= 11 is 0. The average molecular weight is 299 g/mol. The molecular formula is C15H13N3O4. The van der Waals surface area contributed by atoms with Gasteiger partial charge in [-0.25, -0.2) is 0 Å². The van der Waals surface area contributed by atoms with Crippen molar-refractivity contribution < 1.29 is 19.8 Å². The molecule has 0 bridgehead atoms. The largest absolute Gasteiger partial charge is 0.481 e. The third-order valence-corrected chi connectivity index (χ3v) is 2.83. The maximum absolute atomic E-state index is 11.0. The number of carboxylic acids is 2. The lowest BCUT2D eigenvalue weighted by Crippen LogP contribution is -2.20. The van der Waals surface area contributed by atoms with Crippen LogP contribution in [0.3, 0.4) is 0 Å². The van der Waals surface area contributed by atoms with Gasteiger partial charge < -0.3 is 15.5 Å². The van der Waals surface area contributed by atoms with E-state index in [4.69, 9.17) is 20.7 Å². The molecule has 22 heavy (non-hydrogen) atoms. The van der Waals surface area contributed by atoms with Crippen LogP contribution >= 0.6 is 0 Å². The molecule has 1 rings (SSSR count). The number of hydrogen-bond donors (Lipinski definition) is 3. The lowest BCUT2D eigenvalue weighted by atomic mass is 9.96. The standard InChI is InChI=1S/C15H13N3O4/c16-7-11(8-17)9-18-13-3-1-10(2-4-13)5-12(15(21)22)6-14(19)20/h1-4,9,12,18H,5-6H2,(H,19,20)(H,21,22). The fourth-order valence-corrected chi connectivity index (χ4v) is 1.72. The van der Waals surface area contributed by atoms with Gasteiger partial charge in [0, 0.05) is 11.9 Å². The third kappa shape index (κ3) is 5.35. The summed E-state index contributed by atoms with van der Waals surface area (Å²) in [6, 6.07) is 10.0. The highest BCUT2D eigenvalue weighted by atomic mass is 16.4. The van der Waals surface area contributed by atoms with Gasteiger partial charge in [0.05, 0.1) is 12.3 Å². The van der Waals surface area contributed by atoms with Crippen molar-refractivity contribution in [1.29, 1.82) is 10.5 Å². The molecule has 0 amide bonds. The van der Waals surface area contributed by atoms with Gasteiger partial charge in [0.1, 0.15) is 17.7 Å². The molecule has 0 aromatic heterocycles. The highest BCUT2D eigenvalue weighted by Crippen LogP contribution is 2.16. The summed E-state index contributed by atoms with van der Waals surface area (Å²) < 4.78 is 0. The number of nitrogens with one attached hydrogen (secondary N) is 1. The van der Waals surface area contributed by atoms with Crippen LogP contribution in [0.1, 0.15) is 12.0 Å². The lowest BCUT2D eigenvalue weighted by Gasteiger charge is -2.10. The molecule has 7 heteroatoms. The first kappa shape index (κ1) is 16.7. The number of allylic oxidation sites excluding steroid dienone is 1. The molecule has 1 unspecified atom stereocenters. The van der Waals surface area contributed by atoms with Crippen molar-refractivity contribution in [2.24, 2.45) is 5.92 Å². The van der Waals surface area contributed by atoms with Crippen LogP contribution in [-0.2, 0) is 16.0 Å². The molecule has 1 atom stereocenters. The van der Waals surface area contributed by atoms with E-state index >= 15 is 0 Å². The Balaban J connectivity index is 2.74. The molecule has 0 aliphatic rings. The number of nitrogens with zero attached hydrogens (tertiary/aromatic N) is 2. The summed E-state index contributed by atoms with van der Waals surface area (Å²) in [5.41, 5.74) is 1.23. The van der Waals surface area contributed by atoms with Crippen molar-refractivity contribution in [3.63, 3.8) is 0 Å². The third-order valence-electron chi connectivity index (χ3n) is 2.83. The van der Waals surface area contributed by atoms with Crippen LogP contribution in [0.4, 0.5) is 5.69 Å². The Kier molecular flexibility index (Phi) is 6.14. The number of hydrogen-bond acceptors (Lipinski definition) is 5. The molecule has 0 radical (unpaired) electrons. The van der Waals surface area contributed by atoms with Crippen LogP contribution in [-0.4, -0.2) is 22.2 Å². The summed E-state index contributed by atoms with van der Waals surface area (Å²) in [4.78, 5) is 21.6. The summed E-state index contributed by atoms with van der Waals surface area (Å²) in [7, 11) is 0. The zero-order valence-corrected chi connectivity index (χ0v) is 11.5. The van der Waals surface area contributed by atoms with E-state index in [1.165, 1.54) is 6.20 Å². The minimum atomic E-state index is -1.16. The molecule has 0 fully saturated rings. The summed E-state index contributed by atoms with van der Waals surface area (Å²) in [6.07, 6.45) is 0.935. The van der Waals surface area contributed by atoms with E-state index in [1.807, 2.05) is 0 Å². The first-order valence-electron chi connectivity index (χ1n) is 6.26. The minimum Gasteiger partial charge on any atom is -0.481 e. The predicted octanol–water partition coefficient (Wildman–Crippen LogP) is 1.75. The number of anilines is 1. The number of rotatable bonds is 7. The second-order valence-electron chi connectivity index (χ2n) is 4.46. The Bertz CT molecular complexity index is 650. The summed E-state index contributed by atoms with van der Waals surface area (Å²) in [5.74, 6) is -3.29. The maximum atomic E-state index is 11.0. The van der Waals surface area contributed by atoms with Crippen molar-refractivity contribution in [1.82, 2.24) is 0 Å². The maximum Gasteiger partial charge on any atom is 0.307 e. The normalized spacial score (nSPS) is 10.6. The van der Waals surface area contributed by atoms with Crippen LogP contribution in [0, 0.1) is 28.6 Å². The minimum absolute atomic E-state index is 0.0727. The van der Waals surface area contributed by atoms with Gasteiger partial charge in [0.25, 0.3) is 0 Å². The highest BCUT2D eigenvalue weighted by molar-refractivity contribution is 5.78. The Morgan fingerprint density at radius 3 is 2.23 bits per heavy atom. The first-order chi connectivity index (χ1) is 10.5. The molecule has 3 N–H and O–H groups in total. The second kappa shape index (κ2) is 8.08. The zero-order chi connectivity index (χ0) is 16.5. The van der Waals surface area contributed by atoms with Gasteiger partial charge in [-0.1, -0.05) is 12.1 Å². The van der Waals surface area contributed by atoms with E-state index in [0.29, 0.717) is 11.3 Å². The molecule has 7 nitrogen and oxygen atoms in total. The summed E-state index contributed by atoms with van der Waals surface area (Å²) in [6.45, 7) is 0. The van der Waals surface area contributed by atoms with Crippen LogP contribution in [0.5, 0.6) is 0 Å². The molecular weight excluding hydrogens is 286 g/mol. The summed E-state index contributed by atoms with van der Waals surface area (Å²) in [5, 5.41) is 37.6. The SMILES string of the molecule is N#CC(C#N)=CNc1ccc(CC(CC(=O)O)C(=O)O)cc1. The Morgan fingerprint density at radius 2 is 1.77 bits per heavy atom. The number of nitriles is 2. The molecule has 0 aliphatic carbocycles. The van der Waals surface area contributed by atoms with Crippen molar-refractivity contribution in [2.45, 2.75) is 12.8 Å². The van der Waals surface area contributed by atoms with Crippen LogP contribution in [0.2, 0.25) is 0 Å². The molecule has 0 saturated heterocycles. The lowest BCUT2D eigenvalue weighted by molar-refractivity contribution is -0.148.